The van der Waals surface area contributed by atoms with Gasteiger partial charge < -0.3 is 5.32 Å². The summed E-state index contributed by atoms with van der Waals surface area (Å²) < 4.78 is 0. The average Bonchev–Trinajstić information content (AvgIpc) is 2.72. The number of halogens is 1. The average molecular weight is 389 g/mol. The third-order valence-corrected chi connectivity index (χ3v) is 4.90. The number of aromatic nitrogens is 3. The molecule has 0 amide bonds. The van der Waals surface area contributed by atoms with Gasteiger partial charge in [-0.25, -0.2) is 15.0 Å². The van der Waals surface area contributed by atoms with E-state index in [-0.39, 0.29) is 0 Å². The Bertz CT molecular complexity index is 1110. The molecule has 0 bridgehead atoms. The predicted molar refractivity (Wildman–Crippen MR) is 117 cm³/mol. The van der Waals surface area contributed by atoms with Crippen LogP contribution in [0, 0.1) is 6.92 Å². The summed E-state index contributed by atoms with van der Waals surface area (Å²) in [4.78, 5) is 13.8. The highest BCUT2D eigenvalue weighted by atomic mass is 35.5. The van der Waals surface area contributed by atoms with Crippen LogP contribution in [0.15, 0.2) is 60.9 Å². The third kappa shape index (κ3) is 3.69. The summed E-state index contributed by atoms with van der Waals surface area (Å²) in [6.07, 6.45) is 2.58. The SMILES string of the molecule is CCCNc1ncnc2nc(-c3ccc(C)cc3)cc(-c3ccc(Cl)cc3)c12. The second-order valence-electron chi connectivity index (χ2n) is 6.78. The third-order valence-electron chi connectivity index (χ3n) is 4.65. The smallest absolute Gasteiger partial charge is 0.165 e. The van der Waals surface area contributed by atoms with Crippen LogP contribution >= 0.6 is 11.6 Å². The highest BCUT2D eigenvalue weighted by molar-refractivity contribution is 6.30. The molecular formula is C23H21ClN4. The van der Waals surface area contributed by atoms with E-state index in [0.717, 1.165) is 46.6 Å². The van der Waals surface area contributed by atoms with Crippen LogP contribution in [0.5, 0.6) is 0 Å². The first-order valence-electron chi connectivity index (χ1n) is 9.38. The van der Waals surface area contributed by atoms with Gasteiger partial charge in [0.25, 0.3) is 0 Å². The summed E-state index contributed by atoms with van der Waals surface area (Å²) in [5.74, 6) is 0.805. The van der Waals surface area contributed by atoms with Crippen molar-refractivity contribution in [1.82, 2.24) is 15.0 Å². The van der Waals surface area contributed by atoms with Gasteiger partial charge in [0.15, 0.2) is 5.65 Å². The lowest BCUT2D eigenvalue weighted by atomic mass is 9.99. The molecule has 2 aromatic heterocycles. The highest BCUT2D eigenvalue weighted by Crippen LogP contribution is 2.35. The van der Waals surface area contributed by atoms with Crippen LogP contribution in [0.1, 0.15) is 18.9 Å². The van der Waals surface area contributed by atoms with Crippen LogP contribution < -0.4 is 5.32 Å². The van der Waals surface area contributed by atoms with Crippen molar-refractivity contribution in [1.29, 1.82) is 0 Å². The molecule has 1 N–H and O–H groups in total. The highest BCUT2D eigenvalue weighted by Gasteiger charge is 2.15. The molecule has 5 heteroatoms. The molecule has 28 heavy (non-hydrogen) atoms. The van der Waals surface area contributed by atoms with Crippen molar-refractivity contribution < 1.29 is 0 Å². The van der Waals surface area contributed by atoms with Gasteiger partial charge in [0.2, 0.25) is 0 Å². The number of benzene rings is 2. The second-order valence-corrected chi connectivity index (χ2v) is 7.21. The van der Waals surface area contributed by atoms with E-state index in [1.54, 1.807) is 6.33 Å². The van der Waals surface area contributed by atoms with E-state index in [2.05, 4.69) is 59.5 Å². The molecule has 0 aliphatic heterocycles. The van der Waals surface area contributed by atoms with E-state index in [1.807, 2.05) is 24.3 Å². The Balaban J connectivity index is 1.97. The monoisotopic (exact) mass is 388 g/mol. The van der Waals surface area contributed by atoms with Crippen molar-refractivity contribution in [3.8, 4) is 22.4 Å². The fourth-order valence-corrected chi connectivity index (χ4v) is 3.30. The topological polar surface area (TPSA) is 50.7 Å². The van der Waals surface area contributed by atoms with Gasteiger partial charge in [-0.3, -0.25) is 0 Å². The Labute approximate surface area is 169 Å². The molecule has 0 aliphatic carbocycles. The molecule has 0 aliphatic rings. The molecule has 0 atom stereocenters. The zero-order chi connectivity index (χ0) is 19.5. The predicted octanol–water partition coefficient (Wildman–Crippen LogP) is 6.14. The van der Waals surface area contributed by atoms with Gasteiger partial charge in [-0.15, -0.1) is 0 Å². The number of aryl methyl sites for hydroxylation is 1. The Morgan fingerprint density at radius 1 is 0.929 bits per heavy atom. The van der Waals surface area contributed by atoms with Gasteiger partial charge in [0.05, 0.1) is 11.1 Å². The number of nitrogens with one attached hydrogen (secondary N) is 1. The van der Waals surface area contributed by atoms with Crippen LogP contribution in [0.25, 0.3) is 33.4 Å². The molecule has 0 unspecified atom stereocenters. The molecule has 2 heterocycles. The van der Waals surface area contributed by atoms with E-state index in [4.69, 9.17) is 16.6 Å². The number of anilines is 1. The van der Waals surface area contributed by atoms with Crippen LogP contribution in [0.4, 0.5) is 5.82 Å². The van der Waals surface area contributed by atoms with Gasteiger partial charge in [-0.05, 0) is 42.7 Å². The van der Waals surface area contributed by atoms with Crippen LogP contribution in [0.2, 0.25) is 5.02 Å². The second kappa shape index (κ2) is 7.95. The number of pyridine rings is 1. The molecule has 0 spiro atoms. The van der Waals surface area contributed by atoms with Crippen molar-refractivity contribution in [2.45, 2.75) is 20.3 Å². The van der Waals surface area contributed by atoms with Crippen molar-refractivity contribution in [2.24, 2.45) is 0 Å². The summed E-state index contributed by atoms with van der Waals surface area (Å²) in [7, 11) is 0. The first-order chi connectivity index (χ1) is 13.7. The number of hydrogen-bond donors (Lipinski definition) is 1. The lowest BCUT2D eigenvalue weighted by Crippen LogP contribution is -2.05. The summed E-state index contributed by atoms with van der Waals surface area (Å²) >= 11 is 6.11. The van der Waals surface area contributed by atoms with Gasteiger partial charge >= 0.3 is 0 Å². The first kappa shape index (κ1) is 18.4. The zero-order valence-corrected chi connectivity index (χ0v) is 16.7. The van der Waals surface area contributed by atoms with Crippen LogP contribution in [-0.2, 0) is 0 Å². The summed E-state index contributed by atoms with van der Waals surface area (Å²) in [6, 6.07) is 18.3. The van der Waals surface area contributed by atoms with Crippen LogP contribution in [-0.4, -0.2) is 21.5 Å². The normalized spacial score (nSPS) is 11.0. The number of fused-ring (bicyclic) bond motifs is 1. The van der Waals surface area contributed by atoms with E-state index in [9.17, 15) is 0 Å². The maximum Gasteiger partial charge on any atom is 0.165 e. The van der Waals surface area contributed by atoms with E-state index in [0.29, 0.717) is 10.7 Å². The molecule has 0 saturated carbocycles. The molecule has 4 aromatic rings. The quantitative estimate of drug-likeness (QED) is 0.446. The fraction of sp³-hybridized carbons (Fsp3) is 0.174. The Morgan fingerprint density at radius 2 is 1.64 bits per heavy atom. The van der Waals surface area contributed by atoms with Crippen molar-refractivity contribution in [3.63, 3.8) is 0 Å². The molecule has 4 rings (SSSR count). The lowest BCUT2D eigenvalue weighted by Gasteiger charge is -2.14. The van der Waals surface area contributed by atoms with Gasteiger partial charge in [0.1, 0.15) is 12.1 Å². The maximum atomic E-state index is 6.11. The fourth-order valence-electron chi connectivity index (χ4n) is 3.17. The molecular weight excluding hydrogens is 368 g/mol. The number of rotatable bonds is 5. The Hall–Kier alpha value is -2.98. The summed E-state index contributed by atoms with van der Waals surface area (Å²) in [5, 5.41) is 5.04. The standard InChI is InChI=1S/C23H21ClN4/c1-3-12-25-22-21-19(16-8-10-18(24)11-9-16)13-20(28-23(21)27-14-26-22)17-6-4-15(2)5-7-17/h4-11,13-14H,3,12H2,1-2H3,(H,25,26,27,28). The molecule has 140 valence electrons. The first-order valence-corrected chi connectivity index (χ1v) is 9.76. The Morgan fingerprint density at radius 3 is 2.36 bits per heavy atom. The minimum Gasteiger partial charge on any atom is -0.369 e. The molecule has 0 saturated heterocycles. The lowest BCUT2D eigenvalue weighted by molar-refractivity contribution is 0.969. The van der Waals surface area contributed by atoms with Gasteiger partial charge in [0, 0.05) is 17.1 Å². The summed E-state index contributed by atoms with van der Waals surface area (Å²) in [6.45, 7) is 5.05. The van der Waals surface area contributed by atoms with Crippen molar-refractivity contribution >= 4 is 28.5 Å². The van der Waals surface area contributed by atoms with Crippen LogP contribution in [0.3, 0.4) is 0 Å². The molecule has 4 nitrogen and oxygen atoms in total. The molecule has 0 fully saturated rings. The minimum atomic E-state index is 0.677. The maximum absolute atomic E-state index is 6.11. The number of hydrogen-bond acceptors (Lipinski definition) is 4. The van der Waals surface area contributed by atoms with Gasteiger partial charge in [-0.1, -0.05) is 60.5 Å². The molecule has 2 aromatic carbocycles. The molecule has 0 radical (unpaired) electrons. The summed E-state index contributed by atoms with van der Waals surface area (Å²) in [5.41, 5.74) is 5.94. The Kier molecular flexibility index (Phi) is 5.22. The van der Waals surface area contributed by atoms with Crippen molar-refractivity contribution in [2.75, 3.05) is 11.9 Å². The van der Waals surface area contributed by atoms with Gasteiger partial charge in [-0.2, -0.15) is 0 Å². The van der Waals surface area contributed by atoms with E-state index < -0.39 is 0 Å². The zero-order valence-electron chi connectivity index (χ0n) is 15.9. The van der Waals surface area contributed by atoms with E-state index >= 15 is 0 Å². The van der Waals surface area contributed by atoms with E-state index in [1.165, 1.54) is 5.56 Å². The van der Waals surface area contributed by atoms with Crippen molar-refractivity contribution in [3.05, 3.63) is 71.5 Å². The minimum absolute atomic E-state index is 0.677. The number of nitrogens with zero attached hydrogens (tertiary/aromatic N) is 3. The largest absolute Gasteiger partial charge is 0.369 e.